The van der Waals surface area contributed by atoms with E-state index >= 15 is 0 Å². The Hall–Kier alpha value is -4.70. The minimum atomic E-state index is 0.0626. The van der Waals surface area contributed by atoms with Crippen molar-refractivity contribution in [1.82, 2.24) is 0 Å². The zero-order valence-electron chi connectivity index (χ0n) is 20.7. The fraction of sp³-hybridized carbons (Fsp3) is 0.0909. The lowest BCUT2D eigenvalue weighted by atomic mass is 9.82. The number of nitrogen functional groups attached to an aromatic ring is 4. The predicted octanol–water partition coefficient (Wildman–Crippen LogP) is 6.57. The summed E-state index contributed by atoms with van der Waals surface area (Å²) in [6.45, 7) is 0. The van der Waals surface area contributed by atoms with Crippen LogP contribution in [-0.2, 0) is 6.42 Å². The lowest BCUT2D eigenvalue weighted by Crippen LogP contribution is -2.08. The summed E-state index contributed by atoms with van der Waals surface area (Å²) in [5.74, 6) is 0.232. The highest BCUT2D eigenvalue weighted by atomic mass is 14.5. The lowest BCUT2D eigenvalue weighted by molar-refractivity contribution is 0.802. The van der Waals surface area contributed by atoms with Crippen molar-refractivity contribution in [2.75, 3.05) is 22.9 Å². The van der Waals surface area contributed by atoms with Crippen molar-refractivity contribution < 1.29 is 0 Å². The third-order valence-electron chi connectivity index (χ3n) is 6.94. The summed E-state index contributed by atoms with van der Waals surface area (Å²) in [5.41, 5.74) is 34.3. The highest BCUT2D eigenvalue weighted by Gasteiger charge is 2.20. The Kier molecular flexibility index (Phi) is 6.82. The molecule has 0 radical (unpaired) electrons. The van der Waals surface area contributed by atoms with Crippen LogP contribution in [0.1, 0.15) is 45.2 Å². The molecule has 0 aliphatic carbocycles. The molecule has 184 valence electrons. The largest absolute Gasteiger partial charge is 0.399 e. The van der Waals surface area contributed by atoms with Crippen molar-refractivity contribution >= 4 is 22.7 Å². The molecule has 4 heteroatoms. The molecule has 5 rings (SSSR count). The Labute approximate surface area is 218 Å². The maximum Gasteiger partial charge on any atom is 0.0340 e. The van der Waals surface area contributed by atoms with Crippen molar-refractivity contribution in [1.29, 1.82) is 0 Å². The van der Waals surface area contributed by atoms with E-state index in [2.05, 4.69) is 72.8 Å². The van der Waals surface area contributed by atoms with Crippen molar-refractivity contribution in [3.05, 3.63) is 155 Å². The molecule has 0 bridgehead atoms. The normalized spacial score (nSPS) is 11.2. The summed E-state index contributed by atoms with van der Waals surface area (Å²) in [6.07, 6.45) is 0.845. The first kappa shape index (κ1) is 24.0. The second kappa shape index (κ2) is 10.5. The number of hydrogen-bond acceptors (Lipinski definition) is 4. The summed E-state index contributed by atoms with van der Waals surface area (Å²) < 4.78 is 0. The third kappa shape index (κ3) is 5.60. The van der Waals surface area contributed by atoms with Crippen LogP contribution in [0, 0.1) is 0 Å². The Morgan fingerprint density at radius 3 is 1.19 bits per heavy atom. The summed E-state index contributed by atoms with van der Waals surface area (Å²) in [5, 5.41) is 0. The van der Waals surface area contributed by atoms with E-state index in [4.69, 9.17) is 22.9 Å². The molecule has 0 aromatic heterocycles. The van der Waals surface area contributed by atoms with Gasteiger partial charge in [-0.3, -0.25) is 0 Å². The number of rotatable bonds is 7. The van der Waals surface area contributed by atoms with Crippen molar-refractivity contribution in [3.8, 4) is 0 Å². The maximum absolute atomic E-state index is 6.00. The molecular weight excluding hydrogens is 452 g/mol. The quantitative estimate of drug-likeness (QED) is 0.155. The molecule has 5 aromatic carbocycles. The third-order valence-corrected chi connectivity index (χ3v) is 6.94. The van der Waals surface area contributed by atoms with Gasteiger partial charge in [-0.05, 0) is 88.3 Å². The van der Waals surface area contributed by atoms with Crippen LogP contribution in [0.5, 0.6) is 0 Å². The Morgan fingerprint density at radius 1 is 0.405 bits per heavy atom. The number of benzene rings is 5. The van der Waals surface area contributed by atoms with Gasteiger partial charge in [0, 0.05) is 34.6 Å². The lowest BCUT2D eigenvalue weighted by Gasteiger charge is -2.22. The molecular formula is C33H32N4. The van der Waals surface area contributed by atoms with Crippen LogP contribution in [0.2, 0.25) is 0 Å². The zero-order valence-corrected chi connectivity index (χ0v) is 20.7. The molecule has 0 amide bonds. The monoisotopic (exact) mass is 484 g/mol. The Morgan fingerprint density at radius 2 is 0.784 bits per heavy atom. The number of nitrogens with two attached hydrogens (primary N) is 4. The second-order valence-corrected chi connectivity index (χ2v) is 9.60. The standard InChI is InChI=1S/C33H32N4/c34-28-12-4-23(5-13-28)32(24-6-14-29(35)15-7-24)21-22-2-1-3-27(20-22)33(25-8-16-30(36)17-9-25)26-10-18-31(37)19-11-26/h1-20,32-33H,21,34-37H2. The van der Waals surface area contributed by atoms with Gasteiger partial charge in [-0.2, -0.15) is 0 Å². The molecule has 0 aliphatic heterocycles. The van der Waals surface area contributed by atoms with E-state index in [-0.39, 0.29) is 11.8 Å². The molecule has 0 unspecified atom stereocenters. The summed E-state index contributed by atoms with van der Waals surface area (Å²) in [6, 6.07) is 41.5. The molecule has 0 saturated heterocycles. The first-order chi connectivity index (χ1) is 18.0. The molecule has 4 nitrogen and oxygen atoms in total. The van der Waals surface area contributed by atoms with E-state index in [9.17, 15) is 0 Å². The Balaban J connectivity index is 1.55. The minimum absolute atomic E-state index is 0.0626. The summed E-state index contributed by atoms with van der Waals surface area (Å²) in [7, 11) is 0. The van der Waals surface area contributed by atoms with E-state index in [0.29, 0.717) is 0 Å². The first-order valence-electron chi connectivity index (χ1n) is 12.5. The minimum Gasteiger partial charge on any atom is -0.399 e. The molecule has 0 saturated carbocycles. The molecule has 8 N–H and O–H groups in total. The van der Waals surface area contributed by atoms with Gasteiger partial charge in [0.15, 0.2) is 0 Å². The fourth-order valence-electron chi connectivity index (χ4n) is 4.97. The van der Waals surface area contributed by atoms with E-state index in [1.54, 1.807) is 0 Å². The fourth-order valence-corrected chi connectivity index (χ4v) is 4.97. The Bertz CT molecular complexity index is 1360. The van der Waals surface area contributed by atoms with Crippen LogP contribution in [-0.4, -0.2) is 0 Å². The van der Waals surface area contributed by atoms with Gasteiger partial charge in [0.25, 0.3) is 0 Å². The molecule has 0 aliphatic rings. The van der Waals surface area contributed by atoms with E-state index in [1.807, 2.05) is 48.5 Å². The van der Waals surface area contributed by atoms with Gasteiger partial charge >= 0.3 is 0 Å². The number of anilines is 4. The average Bonchev–Trinajstić information content (AvgIpc) is 2.91. The molecule has 5 aromatic rings. The van der Waals surface area contributed by atoms with E-state index in [1.165, 1.54) is 33.4 Å². The van der Waals surface area contributed by atoms with Crippen LogP contribution in [0.15, 0.2) is 121 Å². The highest BCUT2D eigenvalue weighted by molar-refractivity contribution is 5.51. The topological polar surface area (TPSA) is 104 Å². The van der Waals surface area contributed by atoms with Crippen LogP contribution in [0.3, 0.4) is 0 Å². The molecule has 0 spiro atoms. The average molecular weight is 485 g/mol. The van der Waals surface area contributed by atoms with Crippen LogP contribution in [0.4, 0.5) is 22.7 Å². The van der Waals surface area contributed by atoms with Gasteiger partial charge in [0.05, 0.1) is 0 Å². The zero-order chi connectivity index (χ0) is 25.8. The van der Waals surface area contributed by atoms with Crippen molar-refractivity contribution in [2.24, 2.45) is 0 Å². The molecule has 37 heavy (non-hydrogen) atoms. The highest BCUT2D eigenvalue weighted by Crippen LogP contribution is 2.35. The SMILES string of the molecule is Nc1ccc(C(Cc2cccc(C(c3ccc(N)cc3)c3ccc(N)cc3)c2)c2ccc(N)cc2)cc1. The van der Waals surface area contributed by atoms with Crippen LogP contribution in [0.25, 0.3) is 0 Å². The van der Waals surface area contributed by atoms with Crippen LogP contribution >= 0.6 is 0 Å². The van der Waals surface area contributed by atoms with Gasteiger partial charge in [-0.15, -0.1) is 0 Å². The van der Waals surface area contributed by atoms with Gasteiger partial charge in [-0.25, -0.2) is 0 Å². The molecule has 0 fully saturated rings. The maximum atomic E-state index is 6.00. The summed E-state index contributed by atoms with van der Waals surface area (Å²) >= 11 is 0. The second-order valence-electron chi connectivity index (χ2n) is 9.60. The van der Waals surface area contributed by atoms with Gasteiger partial charge in [0.2, 0.25) is 0 Å². The molecule has 0 atom stereocenters. The number of hydrogen-bond donors (Lipinski definition) is 4. The smallest absolute Gasteiger partial charge is 0.0340 e. The van der Waals surface area contributed by atoms with E-state index < -0.39 is 0 Å². The van der Waals surface area contributed by atoms with Crippen LogP contribution < -0.4 is 22.9 Å². The van der Waals surface area contributed by atoms with Crippen molar-refractivity contribution in [2.45, 2.75) is 18.3 Å². The van der Waals surface area contributed by atoms with Gasteiger partial charge in [0.1, 0.15) is 0 Å². The van der Waals surface area contributed by atoms with Gasteiger partial charge < -0.3 is 22.9 Å². The first-order valence-corrected chi connectivity index (χ1v) is 12.5. The van der Waals surface area contributed by atoms with Gasteiger partial charge in [-0.1, -0.05) is 72.8 Å². The van der Waals surface area contributed by atoms with E-state index in [0.717, 1.165) is 29.2 Å². The van der Waals surface area contributed by atoms with Crippen molar-refractivity contribution in [3.63, 3.8) is 0 Å². The predicted molar refractivity (Wildman–Crippen MR) is 156 cm³/mol. The summed E-state index contributed by atoms with van der Waals surface area (Å²) in [4.78, 5) is 0. The molecule has 0 heterocycles.